The predicted octanol–water partition coefficient (Wildman–Crippen LogP) is 3.37. The molecule has 2 unspecified atom stereocenters. The van der Waals surface area contributed by atoms with Gasteiger partial charge in [-0.05, 0) is 5.56 Å². The molecule has 0 spiro atoms. The summed E-state index contributed by atoms with van der Waals surface area (Å²) in [6, 6.07) is 5.92. The number of rotatable bonds is 3. The molecule has 6 heteroatoms. The molecular weight excluding hydrogens is 225 g/mol. The van der Waals surface area contributed by atoms with Crippen molar-refractivity contribution in [1.29, 1.82) is 0 Å². The van der Waals surface area contributed by atoms with Gasteiger partial charge in [-0.3, -0.25) is 10.1 Å². The molecule has 14 heavy (non-hydrogen) atoms. The van der Waals surface area contributed by atoms with E-state index in [1.807, 2.05) is 0 Å². The van der Waals surface area contributed by atoms with Crippen LogP contribution in [0.2, 0.25) is 0 Å². The van der Waals surface area contributed by atoms with Crippen molar-refractivity contribution in [2.24, 2.45) is 0 Å². The SMILES string of the molecule is CC(c1ccc([N+](=O)[O-])cc1)[PH](=O)Cl. The van der Waals surface area contributed by atoms with E-state index in [0.29, 0.717) is 0 Å². The number of nitrogens with zero attached hydrogens (tertiary/aromatic N) is 1. The number of hydrogen-bond acceptors (Lipinski definition) is 3. The van der Waals surface area contributed by atoms with E-state index in [9.17, 15) is 14.7 Å². The molecule has 2 atom stereocenters. The fourth-order valence-electron chi connectivity index (χ4n) is 1.02. The number of halogens is 1. The van der Waals surface area contributed by atoms with Gasteiger partial charge < -0.3 is 4.57 Å². The van der Waals surface area contributed by atoms with Gasteiger partial charge in [-0.1, -0.05) is 30.3 Å². The maximum Gasteiger partial charge on any atom is 0.269 e. The van der Waals surface area contributed by atoms with Crippen molar-refractivity contribution in [3.8, 4) is 0 Å². The van der Waals surface area contributed by atoms with Crippen molar-refractivity contribution < 1.29 is 9.49 Å². The second-order valence-corrected chi connectivity index (χ2v) is 5.47. The highest BCUT2D eigenvalue weighted by Gasteiger charge is 2.12. The van der Waals surface area contributed by atoms with Gasteiger partial charge in [-0.15, -0.1) is 0 Å². The van der Waals surface area contributed by atoms with E-state index >= 15 is 0 Å². The van der Waals surface area contributed by atoms with Crippen molar-refractivity contribution in [3.05, 3.63) is 39.9 Å². The van der Waals surface area contributed by atoms with Gasteiger partial charge in [-0.2, -0.15) is 0 Å². The summed E-state index contributed by atoms with van der Waals surface area (Å²) in [7, 11) is -2.14. The number of non-ortho nitro benzene ring substituents is 1. The average Bonchev–Trinajstić information content (AvgIpc) is 2.16. The molecule has 0 aliphatic rings. The van der Waals surface area contributed by atoms with E-state index in [1.54, 1.807) is 19.1 Å². The normalized spacial score (nSPS) is 14.7. The van der Waals surface area contributed by atoms with Gasteiger partial charge in [0.25, 0.3) is 5.69 Å². The molecule has 0 saturated carbocycles. The third-order valence-electron chi connectivity index (χ3n) is 1.94. The minimum atomic E-state index is -2.14. The van der Waals surface area contributed by atoms with Crippen LogP contribution in [0.3, 0.4) is 0 Å². The molecule has 1 aromatic rings. The Morgan fingerprint density at radius 1 is 1.43 bits per heavy atom. The summed E-state index contributed by atoms with van der Waals surface area (Å²) in [5, 5.41) is 10.3. The average molecular weight is 234 g/mol. The van der Waals surface area contributed by atoms with Crippen molar-refractivity contribution >= 4 is 24.1 Å². The van der Waals surface area contributed by atoms with Crippen LogP contribution < -0.4 is 0 Å². The Hall–Kier alpha value is -0.860. The third kappa shape index (κ3) is 2.56. The van der Waals surface area contributed by atoms with Gasteiger partial charge in [0.2, 0.25) is 0 Å². The largest absolute Gasteiger partial charge is 0.309 e. The molecule has 0 bridgehead atoms. The zero-order valence-electron chi connectivity index (χ0n) is 7.44. The summed E-state index contributed by atoms with van der Waals surface area (Å²) in [4.78, 5) is 9.87. The Kier molecular flexibility index (Phi) is 3.67. The summed E-state index contributed by atoms with van der Waals surface area (Å²) in [6.45, 7) is 1.73. The van der Waals surface area contributed by atoms with Crippen LogP contribution in [-0.2, 0) is 4.57 Å². The second-order valence-electron chi connectivity index (χ2n) is 2.87. The fraction of sp³-hybridized carbons (Fsp3) is 0.250. The summed E-state index contributed by atoms with van der Waals surface area (Å²) in [6.07, 6.45) is 0. The second kappa shape index (κ2) is 4.58. The number of benzene rings is 1. The topological polar surface area (TPSA) is 60.2 Å². The van der Waals surface area contributed by atoms with Crippen molar-refractivity contribution in [2.45, 2.75) is 12.6 Å². The summed E-state index contributed by atoms with van der Waals surface area (Å²) < 4.78 is 11.0. The molecule has 1 rings (SSSR count). The minimum absolute atomic E-state index is 0.0233. The van der Waals surface area contributed by atoms with Gasteiger partial charge in [0.15, 0.2) is 7.15 Å². The first-order chi connectivity index (χ1) is 6.52. The Bertz CT molecular complexity index is 365. The predicted molar refractivity (Wildman–Crippen MR) is 56.4 cm³/mol. The first-order valence-corrected chi connectivity index (χ1v) is 6.46. The van der Waals surface area contributed by atoms with Crippen LogP contribution in [0.5, 0.6) is 0 Å². The maximum atomic E-state index is 11.0. The molecule has 0 aromatic heterocycles. The van der Waals surface area contributed by atoms with Crippen LogP contribution in [0.1, 0.15) is 18.1 Å². The van der Waals surface area contributed by atoms with Crippen LogP contribution in [-0.4, -0.2) is 4.92 Å². The Labute approximate surface area is 86.6 Å². The van der Waals surface area contributed by atoms with E-state index in [-0.39, 0.29) is 11.3 Å². The number of nitro groups is 1. The molecular formula is C8H9ClNO3P. The van der Waals surface area contributed by atoms with Crippen molar-refractivity contribution in [1.82, 2.24) is 0 Å². The van der Waals surface area contributed by atoms with Crippen LogP contribution in [0, 0.1) is 10.1 Å². The molecule has 1 aromatic carbocycles. The van der Waals surface area contributed by atoms with Crippen LogP contribution >= 0.6 is 18.4 Å². The summed E-state index contributed by atoms with van der Waals surface area (Å²) in [5.41, 5.74) is 0.534. The maximum absolute atomic E-state index is 11.0. The Balaban J connectivity index is 2.94. The molecule has 0 fully saturated rings. The van der Waals surface area contributed by atoms with Crippen LogP contribution in [0.25, 0.3) is 0 Å². The van der Waals surface area contributed by atoms with Gasteiger partial charge in [-0.25, -0.2) is 0 Å². The van der Waals surface area contributed by atoms with E-state index in [4.69, 9.17) is 11.2 Å². The first kappa shape index (κ1) is 11.2. The molecule has 0 aliphatic heterocycles. The lowest BCUT2D eigenvalue weighted by Crippen LogP contribution is -1.90. The monoisotopic (exact) mass is 233 g/mol. The first-order valence-electron chi connectivity index (χ1n) is 3.96. The van der Waals surface area contributed by atoms with E-state index < -0.39 is 12.1 Å². The molecule has 76 valence electrons. The number of hydrogen-bond donors (Lipinski definition) is 0. The van der Waals surface area contributed by atoms with Crippen LogP contribution in [0.15, 0.2) is 24.3 Å². The molecule has 0 amide bonds. The van der Waals surface area contributed by atoms with E-state index in [2.05, 4.69) is 0 Å². The van der Waals surface area contributed by atoms with E-state index in [0.717, 1.165) is 5.56 Å². The number of nitro benzene ring substituents is 1. The lowest BCUT2D eigenvalue weighted by molar-refractivity contribution is -0.384. The zero-order valence-corrected chi connectivity index (χ0v) is 9.19. The summed E-state index contributed by atoms with van der Waals surface area (Å²) in [5.74, 6) is 0. The van der Waals surface area contributed by atoms with Gasteiger partial charge >= 0.3 is 0 Å². The van der Waals surface area contributed by atoms with Gasteiger partial charge in [0.1, 0.15) is 0 Å². The Morgan fingerprint density at radius 3 is 2.29 bits per heavy atom. The zero-order chi connectivity index (χ0) is 10.7. The highest BCUT2D eigenvalue weighted by atomic mass is 35.7. The van der Waals surface area contributed by atoms with Crippen molar-refractivity contribution in [3.63, 3.8) is 0 Å². The molecule has 0 heterocycles. The van der Waals surface area contributed by atoms with Gasteiger partial charge in [0, 0.05) is 17.8 Å². The molecule has 0 aliphatic carbocycles. The van der Waals surface area contributed by atoms with Gasteiger partial charge in [0.05, 0.1) is 4.92 Å². The molecule has 0 N–H and O–H groups in total. The highest BCUT2D eigenvalue weighted by molar-refractivity contribution is 7.74. The third-order valence-corrected chi connectivity index (χ3v) is 3.94. The fourth-order valence-corrected chi connectivity index (χ4v) is 1.85. The Morgan fingerprint density at radius 2 is 1.93 bits per heavy atom. The standard InChI is InChI=1S/C8H9ClNO3P/c1-6(14(9)13)7-2-4-8(5-3-7)10(11)12/h2-6,14H,1H3. The quantitative estimate of drug-likeness (QED) is 0.457. The molecule has 0 radical (unpaired) electrons. The minimum Gasteiger partial charge on any atom is -0.309 e. The lowest BCUT2D eigenvalue weighted by atomic mass is 10.1. The lowest BCUT2D eigenvalue weighted by Gasteiger charge is -2.06. The van der Waals surface area contributed by atoms with Crippen molar-refractivity contribution in [2.75, 3.05) is 0 Å². The smallest absolute Gasteiger partial charge is 0.269 e. The van der Waals surface area contributed by atoms with E-state index in [1.165, 1.54) is 12.1 Å². The highest BCUT2D eigenvalue weighted by Crippen LogP contribution is 2.44. The molecule has 4 nitrogen and oxygen atoms in total. The molecule has 0 saturated heterocycles. The summed E-state index contributed by atoms with van der Waals surface area (Å²) >= 11 is 5.48. The van der Waals surface area contributed by atoms with Crippen LogP contribution in [0.4, 0.5) is 5.69 Å².